The Bertz CT molecular complexity index is 873. The molecule has 7 nitrogen and oxygen atoms in total. The van der Waals surface area contributed by atoms with Gasteiger partial charge in [-0.15, -0.1) is 0 Å². The zero-order valence-electron chi connectivity index (χ0n) is 14.8. The first kappa shape index (κ1) is 16.8. The maximum absolute atomic E-state index is 12.8. The van der Waals surface area contributed by atoms with Crippen molar-refractivity contribution in [2.45, 2.75) is 25.9 Å². The van der Waals surface area contributed by atoms with Gasteiger partial charge in [0.15, 0.2) is 0 Å². The van der Waals surface area contributed by atoms with Crippen molar-refractivity contribution >= 4 is 17.3 Å². The molecule has 7 heteroatoms. The molecule has 1 fully saturated rings. The second-order valence-electron chi connectivity index (χ2n) is 6.75. The molecule has 26 heavy (non-hydrogen) atoms. The number of benzene rings is 1. The standard InChI is InChI=1S/C19H22N4O3/c1-14-10-15-4-2-3-5-17(15)23(14)19(25)13-22-18(24)11-16(12-20-22)21-6-8-26-9-7-21/h2-5,11-12,14H,6-10,13H2,1H3/t14-/m0/s1. The number of fused-ring (bicyclic) bond motifs is 1. The predicted molar refractivity (Wildman–Crippen MR) is 98.6 cm³/mol. The summed E-state index contributed by atoms with van der Waals surface area (Å²) in [7, 11) is 0. The molecule has 1 atom stereocenters. The summed E-state index contributed by atoms with van der Waals surface area (Å²) in [4.78, 5) is 29.1. The van der Waals surface area contributed by atoms with E-state index in [0.717, 1.165) is 36.4 Å². The molecule has 0 spiro atoms. The fraction of sp³-hybridized carbons (Fsp3) is 0.421. The molecule has 2 aliphatic heterocycles. The van der Waals surface area contributed by atoms with Crippen LogP contribution in [0.1, 0.15) is 12.5 Å². The monoisotopic (exact) mass is 354 g/mol. The topological polar surface area (TPSA) is 67.7 Å². The molecule has 1 amide bonds. The first-order chi connectivity index (χ1) is 12.6. The van der Waals surface area contributed by atoms with E-state index in [4.69, 9.17) is 4.74 Å². The van der Waals surface area contributed by atoms with E-state index in [9.17, 15) is 9.59 Å². The summed E-state index contributed by atoms with van der Waals surface area (Å²) in [5.74, 6) is -0.115. The van der Waals surface area contributed by atoms with Crippen LogP contribution in [0.3, 0.4) is 0 Å². The van der Waals surface area contributed by atoms with E-state index in [1.807, 2.05) is 31.2 Å². The van der Waals surface area contributed by atoms with Gasteiger partial charge in [-0.2, -0.15) is 5.10 Å². The van der Waals surface area contributed by atoms with Crippen LogP contribution in [0.15, 0.2) is 41.3 Å². The highest BCUT2D eigenvalue weighted by Gasteiger charge is 2.30. The number of hydrogen-bond acceptors (Lipinski definition) is 5. The third kappa shape index (κ3) is 3.10. The molecule has 1 aromatic carbocycles. The summed E-state index contributed by atoms with van der Waals surface area (Å²) >= 11 is 0. The van der Waals surface area contributed by atoms with Crippen LogP contribution in [-0.2, 0) is 22.5 Å². The van der Waals surface area contributed by atoms with Crippen molar-refractivity contribution in [1.82, 2.24) is 9.78 Å². The number of carbonyl (C=O) groups is 1. The lowest BCUT2D eigenvalue weighted by atomic mass is 10.1. The van der Waals surface area contributed by atoms with Crippen LogP contribution in [0, 0.1) is 0 Å². The highest BCUT2D eigenvalue weighted by molar-refractivity contribution is 5.96. The maximum atomic E-state index is 12.8. The minimum Gasteiger partial charge on any atom is -0.378 e. The summed E-state index contributed by atoms with van der Waals surface area (Å²) in [6.07, 6.45) is 2.49. The van der Waals surface area contributed by atoms with Crippen LogP contribution in [-0.4, -0.2) is 48.0 Å². The van der Waals surface area contributed by atoms with Crippen molar-refractivity contribution in [2.75, 3.05) is 36.1 Å². The molecule has 0 unspecified atom stereocenters. The van der Waals surface area contributed by atoms with E-state index in [0.29, 0.717) is 13.2 Å². The number of aromatic nitrogens is 2. The summed E-state index contributed by atoms with van der Waals surface area (Å²) < 4.78 is 6.56. The fourth-order valence-corrected chi connectivity index (χ4v) is 3.69. The Balaban J connectivity index is 1.52. The highest BCUT2D eigenvalue weighted by atomic mass is 16.5. The Morgan fingerprint density at radius 1 is 1.27 bits per heavy atom. The number of morpholine rings is 1. The second-order valence-corrected chi connectivity index (χ2v) is 6.75. The molecule has 1 aromatic heterocycles. The first-order valence-electron chi connectivity index (χ1n) is 8.93. The third-order valence-corrected chi connectivity index (χ3v) is 4.99. The van der Waals surface area contributed by atoms with E-state index in [-0.39, 0.29) is 24.1 Å². The van der Waals surface area contributed by atoms with Gasteiger partial charge < -0.3 is 14.5 Å². The van der Waals surface area contributed by atoms with Crippen molar-refractivity contribution < 1.29 is 9.53 Å². The first-order valence-corrected chi connectivity index (χ1v) is 8.93. The van der Waals surface area contributed by atoms with Gasteiger partial charge in [-0.05, 0) is 25.0 Å². The molecular weight excluding hydrogens is 332 g/mol. The lowest BCUT2D eigenvalue weighted by Gasteiger charge is -2.28. The average Bonchev–Trinajstić information content (AvgIpc) is 3.00. The van der Waals surface area contributed by atoms with Gasteiger partial charge in [0.1, 0.15) is 6.54 Å². The fourth-order valence-electron chi connectivity index (χ4n) is 3.69. The molecule has 0 radical (unpaired) electrons. The van der Waals surface area contributed by atoms with Crippen molar-refractivity contribution in [3.8, 4) is 0 Å². The average molecular weight is 354 g/mol. The summed E-state index contributed by atoms with van der Waals surface area (Å²) in [6, 6.07) is 9.54. The van der Waals surface area contributed by atoms with Gasteiger partial charge in [-0.25, -0.2) is 4.68 Å². The van der Waals surface area contributed by atoms with Crippen LogP contribution < -0.4 is 15.4 Å². The maximum Gasteiger partial charge on any atom is 0.269 e. The Hall–Kier alpha value is -2.67. The van der Waals surface area contributed by atoms with Crippen molar-refractivity contribution in [3.05, 3.63) is 52.4 Å². The molecule has 2 aliphatic rings. The minimum absolute atomic E-state index is 0.0547. The van der Waals surface area contributed by atoms with Crippen molar-refractivity contribution in [1.29, 1.82) is 0 Å². The molecule has 0 bridgehead atoms. The number of amides is 1. The molecule has 2 aromatic rings. The third-order valence-electron chi connectivity index (χ3n) is 4.99. The lowest BCUT2D eigenvalue weighted by molar-refractivity contribution is -0.119. The normalized spacial score (nSPS) is 19.5. The molecule has 0 N–H and O–H groups in total. The van der Waals surface area contributed by atoms with Crippen LogP contribution in [0.5, 0.6) is 0 Å². The van der Waals surface area contributed by atoms with Gasteiger partial charge in [0.25, 0.3) is 5.56 Å². The van der Waals surface area contributed by atoms with E-state index >= 15 is 0 Å². The SMILES string of the molecule is C[C@H]1Cc2ccccc2N1C(=O)Cn1ncc(N2CCOCC2)cc1=O. The quantitative estimate of drug-likeness (QED) is 0.824. The van der Waals surface area contributed by atoms with Crippen LogP contribution >= 0.6 is 0 Å². The zero-order valence-corrected chi connectivity index (χ0v) is 14.8. The molecule has 0 aliphatic carbocycles. The molecule has 136 valence electrons. The highest BCUT2D eigenvalue weighted by Crippen LogP contribution is 2.31. The van der Waals surface area contributed by atoms with Crippen LogP contribution in [0.2, 0.25) is 0 Å². The number of nitrogens with zero attached hydrogens (tertiary/aromatic N) is 4. The Kier molecular flexibility index (Phi) is 4.46. The number of carbonyl (C=O) groups excluding carboxylic acids is 1. The summed E-state index contributed by atoms with van der Waals surface area (Å²) in [6.45, 7) is 4.75. The van der Waals surface area contributed by atoms with Gasteiger partial charge in [0, 0.05) is 30.9 Å². The van der Waals surface area contributed by atoms with Crippen LogP contribution in [0.25, 0.3) is 0 Å². The van der Waals surface area contributed by atoms with Crippen molar-refractivity contribution in [2.24, 2.45) is 0 Å². The second kappa shape index (κ2) is 6.92. The Labute approximate surface area is 151 Å². The number of anilines is 2. The van der Waals surface area contributed by atoms with Gasteiger partial charge in [-0.1, -0.05) is 18.2 Å². The summed E-state index contributed by atoms with van der Waals surface area (Å²) in [5.41, 5.74) is 2.61. The van der Waals surface area contributed by atoms with Gasteiger partial charge in [-0.3, -0.25) is 9.59 Å². The number of ether oxygens (including phenoxy) is 1. The van der Waals surface area contributed by atoms with Gasteiger partial charge in [0.05, 0.1) is 25.1 Å². The van der Waals surface area contributed by atoms with E-state index in [2.05, 4.69) is 10.00 Å². The smallest absolute Gasteiger partial charge is 0.269 e. The number of rotatable bonds is 3. The molecule has 3 heterocycles. The predicted octanol–water partition coefficient (Wildman–Crippen LogP) is 1.06. The summed E-state index contributed by atoms with van der Waals surface area (Å²) in [5, 5.41) is 4.22. The zero-order chi connectivity index (χ0) is 18.1. The lowest BCUT2D eigenvalue weighted by Crippen LogP contribution is -2.41. The Morgan fingerprint density at radius 2 is 2.04 bits per heavy atom. The number of hydrogen-bond donors (Lipinski definition) is 0. The van der Waals surface area contributed by atoms with Crippen LogP contribution in [0.4, 0.5) is 11.4 Å². The number of para-hydroxylation sites is 1. The molecule has 4 rings (SSSR count). The van der Waals surface area contributed by atoms with E-state index in [1.165, 1.54) is 4.68 Å². The Morgan fingerprint density at radius 3 is 2.81 bits per heavy atom. The molecular formula is C19H22N4O3. The van der Waals surface area contributed by atoms with E-state index in [1.54, 1.807) is 17.2 Å². The van der Waals surface area contributed by atoms with E-state index < -0.39 is 0 Å². The molecule has 0 saturated carbocycles. The van der Waals surface area contributed by atoms with Crippen molar-refractivity contribution in [3.63, 3.8) is 0 Å². The largest absolute Gasteiger partial charge is 0.378 e. The molecule has 1 saturated heterocycles. The van der Waals surface area contributed by atoms with Gasteiger partial charge >= 0.3 is 0 Å². The minimum atomic E-state index is -0.262. The van der Waals surface area contributed by atoms with Gasteiger partial charge in [0.2, 0.25) is 5.91 Å².